The fourth-order valence-corrected chi connectivity index (χ4v) is 4.25. The van der Waals surface area contributed by atoms with Crippen LogP contribution in [0.4, 0.5) is 0 Å². The molecule has 0 spiro atoms. The number of hydrogen-bond acceptors (Lipinski definition) is 5. The SMILES string of the molecule is CCOCC(NS(=O)(=O)c1cc(CNC)cs1)C(C)C. The Labute approximate surface area is 125 Å². The summed E-state index contributed by atoms with van der Waals surface area (Å²) in [5.74, 6) is 0.174. The Bertz CT molecular complexity index is 497. The third kappa shape index (κ3) is 5.14. The molecule has 0 amide bonds. The van der Waals surface area contributed by atoms with Crippen molar-refractivity contribution in [1.82, 2.24) is 10.0 Å². The Balaban J connectivity index is 2.80. The van der Waals surface area contributed by atoms with Crippen molar-refractivity contribution >= 4 is 21.4 Å². The van der Waals surface area contributed by atoms with Crippen LogP contribution in [0.2, 0.25) is 0 Å². The summed E-state index contributed by atoms with van der Waals surface area (Å²) >= 11 is 1.24. The maximum atomic E-state index is 12.4. The van der Waals surface area contributed by atoms with Gasteiger partial charge in [0.25, 0.3) is 0 Å². The van der Waals surface area contributed by atoms with Crippen LogP contribution in [0.1, 0.15) is 26.3 Å². The molecule has 2 N–H and O–H groups in total. The highest BCUT2D eigenvalue weighted by atomic mass is 32.2. The molecule has 5 nitrogen and oxygen atoms in total. The molecule has 0 aliphatic heterocycles. The number of sulfonamides is 1. The molecule has 7 heteroatoms. The molecule has 1 heterocycles. The Kier molecular flexibility index (Phi) is 7.11. The molecular weight excluding hydrogens is 296 g/mol. The number of ether oxygens (including phenoxy) is 1. The van der Waals surface area contributed by atoms with Gasteiger partial charge < -0.3 is 10.1 Å². The molecule has 0 aliphatic rings. The van der Waals surface area contributed by atoms with E-state index in [1.54, 1.807) is 6.07 Å². The molecule has 0 aromatic carbocycles. The van der Waals surface area contributed by atoms with Gasteiger partial charge in [-0.3, -0.25) is 0 Å². The summed E-state index contributed by atoms with van der Waals surface area (Å²) in [4.78, 5) is 0. The first-order valence-electron chi connectivity index (χ1n) is 6.72. The molecule has 0 aliphatic carbocycles. The summed E-state index contributed by atoms with van der Waals surface area (Å²) in [6.45, 7) is 7.49. The van der Waals surface area contributed by atoms with Gasteiger partial charge in [0.15, 0.2) is 0 Å². The van der Waals surface area contributed by atoms with Crippen molar-refractivity contribution in [1.29, 1.82) is 0 Å². The van der Waals surface area contributed by atoms with Crippen LogP contribution in [0.3, 0.4) is 0 Å². The van der Waals surface area contributed by atoms with E-state index in [4.69, 9.17) is 4.74 Å². The lowest BCUT2D eigenvalue weighted by Gasteiger charge is -2.21. The van der Waals surface area contributed by atoms with Gasteiger partial charge in [0, 0.05) is 19.2 Å². The lowest BCUT2D eigenvalue weighted by atomic mass is 10.1. The molecule has 116 valence electrons. The second-order valence-corrected chi connectivity index (χ2v) is 7.79. The van der Waals surface area contributed by atoms with Crippen molar-refractivity contribution in [2.24, 2.45) is 5.92 Å². The minimum atomic E-state index is -3.47. The van der Waals surface area contributed by atoms with E-state index in [0.29, 0.717) is 24.0 Å². The van der Waals surface area contributed by atoms with Gasteiger partial charge in [-0.1, -0.05) is 13.8 Å². The van der Waals surface area contributed by atoms with E-state index < -0.39 is 10.0 Å². The zero-order valence-electron chi connectivity index (χ0n) is 12.5. The summed E-state index contributed by atoms with van der Waals surface area (Å²) in [5, 5.41) is 4.87. The maximum absolute atomic E-state index is 12.4. The van der Waals surface area contributed by atoms with Crippen LogP contribution >= 0.6 is 11.3 Å². The lowest BCUT2D eigenvalue weighted by Crippen LogP contribution is -2.41. The Morgan fingerprint density at radius 3 is 2.65 bits per heavy atom. The summed E-state index contributed by atoms with van der Waals surface area (Å²) in [6.07, 6.45) is 0. The molecule has 1 atom stereocenters. The van der Waals surface area contributed by atoms with Crippen molar-refractivity contribution in [3.63, 3.8) is 0 Å². The van der Waals surface area contributed by atoms with Gasteiger partial charge in [-0.05, 0) is 36.9 Å². The molecule has 0 saturated heterocycles. The Morgan fingerprint density at radius 1 is 1.40 bits per heavy atom. The zero-order valence-corrected chi connectivity index (χ0v) is 14.1. The van der Waals surface area contributed by atoms with E-state index in [1.165, 1.54) is 11.3 Å². The van der Waals surface area contributed by atoms with Crippen LogP contribution in [0.25, 0.3) is 0 Å². The molecule has 1 unspecified atom stereocenters. The van der Waals surface area contributed by atoms with E-state index in [0.717, 1.165) is 5.56 Å². The van der Waals surface area contributed by atoms with E-state index in [-0.39, 0.29) is 12.0 Å². The van der Waals surface area contributed by atoms with Crippen molar-refractivity contribution in [2.45, 2.75) is 37.6 Å². The second kappa shape index (κ2) is 8.09. The topological polar surface area (TPSA) is 67.4 Å². The molecule has 0 radical (unpaired) electrons. The average Bonchev–Trinajstić information content (AvgIpc) is 2.84. The van der Waals surface area contributed by atoms with Gasteiger partial charge in [0.2, 0.25) is 10.0 Å². The third-order valence-corrected chi connectivity index (χ3v) is 5.87. The summed E-state index contributed by atoms with van der Waals surface area (Å²) in [7, 11) is -1.64. The first-order chi connectivity index (χ1) is 9.40. The first-order valence-corrected chi connectivity index (χ1v) is 9.09. The van der Waals surface area contributed by atoms with Crippen LogP contribution in [0.15, 0.2) is 15.7 Å². The quantitative estimate of drug-likeness (QED) is 0.728. The summed E-state index contributed by atoms with van der Waals surface area (Å²) < 4.78 is 33.1. The van der Waals surface area contributed by atoms with Gasteiger partial charge in [-0.15, -0.1) is 11.3 Å². The first kappa shape index (κ1) is 17.6. The molecule has 1 aromatic rings. The van der Waals surface area contributed by atoms with Crippen molar-refractivity contribution in [2.75, 3.05) is 20.3 Å². The van der Waals surface area contributed by atoms with Crippen LogP contribution in [-0.2, 0) is 21.3 Å². The van der Waals surface area contributed by atoms with Gasteiger partial charge in [-0.2, -0.15) is 0 Å². The number of thiophene rings is 1. The number of hydrogen-bond donors (Lipinski definition) is 2. The smallest absolute Gasteiger partial charge is 0.250 e. The van der Waals surface area contributed by atoms with Gasteiger partial charge in [0.1, 0.15) is 4.21 Å². The lowest BCUT2D eigenvalue weighted by molar-refractivity contribution is 0.116. The van der Waals surface area contributed by atoms with Gasteiger partial charge in [-0.25, -0.2) is 13.1 Å². The van der Waals surface area contributed by atoms with Crippen molar-refractivity contribution in [3.8, 4) is 0 Å². The standard InChI is InChI=1S/C13H24N2O3S2/c1-5-18-8-12(10(2)3)15-20(16,17)13-6-11(7-14-4)9-19-13/h6,9-10,12,14-15H,5,7-8H2,1-4H3. The van der Waals surface area contributed by atoms with Crippen molar-refractivity contribution < 1.29 is 13.2 Å². The van der Waals surface area contributed by atoms with E-state index in [1.807, 2.05) is 33.2 Å². The van der Waals surface area contributed by atoms with Crippen LogP contribution in [0.5, 0.6) is 0 Å². The Hall–Kier alpha value is -0.470. The molecule has 20 heavy (non-hydrogen) atoms. The predicted octanol–water partition coefficient (Wildman–Crippen LogP) is 1.81. The zero-order chi connectivity index (χ0) is 15.2. The minimum absolute atomic E-state index is 0.174. The highest BCUT2D eigenvalue weighted by molar-refractivity contribution is 7.91. The minimum Gasteiger partial charge on any atom is -0.380 e. The molecule has 1 aromatic heterocycles. The highest BCUT2D eigenvalue weighted by Gasteiger charge is 2.24. The molecular formula is C13H24N2O3S2. The molecule has 0 bridgehead atoms. The summed E-state index contributed by atoms with van der Waals surface area (Å²) in [6, 6.07) is 1.50. The second-order valence-electron chi connectivity index (χ2n) is 4.94. The number of nitrogens with one attached hydrogen (secondary N) is 2. The summed E-state index contributed by atoms with van der Waals surface area (Å²) in [5.41, 5.74) is 0.976. The van der Waals surface area contributed by atoms with Gasteiger partial charge in [0.05, 0.1) is 6.61 Å². The monoisotopic (exact) mass is 320 g/mol. The van der Waals surface area contributed by atoms with Crippen molar-refractivity contribution in [3.05, 3.63) is 17.0 Å². The number of rotatable bonds is 9. The highest BCUT2D eigenvalue weighted by Crippen LogP contribution is 2.21. The fourth-order valence-electron chi connectivity index (χ4n) is 1.66. The molecule has 0 fully saturated rings. The van der Waals surface area contributed by atoms with Crippen LogP contribution in [0, 0.1) is 5.92 Å². The van der Waals surface area contributed by atoms with E-state index >= 15 is 0 Å². The molecule has 0 saturated carbocycles. The van der Waals surface area contributed by atoms with Crippen LogP contribution in [-0.4, -0.2) is 34.7 Å². The fraction of sp³-hybridized carbons (Fsp3) is 0.692. The maximum Gasteiger partial charge on any atom is 0.250 e. The van der Waals surface area contributed by atoms with Gasteiger partial charge >= 0.3 is 0 Å². The third-order valence-electron chi connectivity index (χ3n) is 2.89. The van der Waals surface area contributed by atoms with E-state index in [2.05, 4.69) is 10.0 Å². The predicted molar refractivity (Wildman–Crippen MR) is 82.5 cm³/mol. The largest absolute Gasteiger partial charge is 0.380 e. The Morgan fingerprint density at radius 2 is 2.10 bits per heavy atom. The normalized spacial score (nSPS) is 13.8. The molecule has 1 rings (SSSR count). The average molecular weight is 320 g/mol. The van der Waals surface area contributed by atoms with Crippen LogP contribution < -0.4 is 10.0 Å². The van der Waals surface area contributed by atoms with E-state index in [9.17, 15) is 8.42 Å².